The van der Waals surface area contributed by atoms with Gasteiger partial charge in [-0.3, -0.25) is 14.9 Å². The van der Waals surface area contributed by atoms with E-state index in [2.05, 4.69) is 36.7 Å². The monoisotopic (exact) mass is 369 g/mol. The minimum Gasteiger partial charge on any atom is -0.332 e. The van der Waals surface area contributed by atoms with Crippen molar-refractivity contribution < 1.29 is 9.59 Å². The first kappa shape index (κ1) is 19.6. The van der Waals surface area contributed by atoms with Crippen LogP contribution in [0.4, 0.5) is 11.4 Å². The van der Waals surface area contributed by atoms with Gasteiger partial charge in [0.05, 0.1) is 0 Å². The highest BCUT2D eigenvalue weighted by Gasteiger charge is 2.14. The molecule has 136 valence electrons. The molecule has 2 amide bonds. The van der Waals surface area contributed by atoms with Crippen molar-refractivity contribution in [2.75, 3.05) is 10.6 Å². The zero-order chi connectivity index (χ0) is 19.3. The Kier molecular flexibility index (Phi) is 6.10. The summed E-state index contributed by atoms with van der Waals surface area (Å²) in [5.41, 5.74) is 3.04. The molecule has 3 N–H and O–H groups in total. The molecule has 0 aromatic heterocycles. The number of anilines is 2. The molecule has 0 aliphatic carbocycles. The number of carbonyl (C=O) groups is 2. The molecule has 5 nitrogen and oxygen atoms in total. The maximum absolute atomic E-state index is 12.3. The average Bonchev–Trinajstić information content (AvgIpc) is 2.53. The van der Waals surface area contributed by atoms with Gasteiger partial charge in [0, 0.05) is 23.9 Å². The van der Waals surface area contributed by atoms with Crippen molar-refractivity contribution >= 4 is 40.5 Å². The number of hydrogen-bond donors (Lipinski definition) is 3. The van der Waals surface area contributed by atoms with E-state index in [1.165, 1.54) is 6.92 Å². The lowest BCUT2D eigenvalue weighted by molar-refractivity contribution is -0.114. The van der Waals surface area contributed by atoms with Gasteiger partial charge in [0.15, 0.2) is 5.11 Å². The fraction of sp³-hybridized carbons (Fsp3) is 0.250. The second kappa shape index (κ2) is 8.10. The van der Waals surface area contributed by atoms with Crippen molar-refractivity contribution in [3.8, 4) is 0 Å². The van der Waals surface area contributed by atoms with E-state index >= 15 is 0 Å². The van der Waals surface area contributed by atoms with Crippen LogP contribution in [-0.4, -0.2) is 16.9 Å². The molecule has 26 heavy (non-hydrogen) atoms. The van der Waals surface area contributed by atoms with E-state index in [1.807, 2.05) is 12.1 Å². The first-order valence-corrected chi connectivity index (χ1v) is 8.66. The van der Waals surface area contributed by atoms with Crippen molar-refractivity contribution in [1.29, 1.82) is 0 Å². The van der Waals surface area contributed by atoms with Crippen LogP contribution in [0.3, 0.4) is 0 Å². The third-order valence-electron chi connectivity index (χ3n) is 3.68. The molecule has 0 aliphatic rings. The Hall–Kier alpha value is -2.73. The summed E-state index contributed by atoms with van der Waals surface area (Å²) in [6.07, 6.45) is 0. The quantitative estimate of drug-likeness (QED) is 0.713. The smallest absolute Gasteiger partial charge is 0.257 e. The molecule has 0 saturated heterocycles. The van der Waals surface area contributed by atoms with Crippen LogP contribution in [-0.2, 0) is 10.2 Å². The Balaban J connectivity index is 1.99. The highest BCUT2D eigenvalue weighted by molar-refractivity contribution is 7.80. The lowest BCUT2D eigenvalue weighted by Crippen LogP contribution is -2.34. The van der Waals surface area contributed by atoms with Gasteiger partial charge in [-0.25, -0.2) is 0 Å². The molecular formula is C20H23N3O2S. The Bertz CT molecular complexity index is 824. The number of benzene rings is 2. The van der Waals surface area contributed by atoms with Crippen molar-refractivity contribution in [3.05, 3.63) is 59.7 Å². The highest BCUT2D eigenvalue weighted by atomic mass is 32.1. The standard InChI is InChI=1S/C20H23N3O2S/c1-13(24)21-16-6-5-7-17(12-16)22-19(26)23-18(25)14-8-10-15(11-9-14)20(2,3)4/h5-12H,1-4H3,(H,21,24)(H2,22,23,25,26). The van der Waals surface area contributed by atoms with E-state index in [1.54, 1.807) is 36.4 Å². The average molecular weight is 369 g/mol. The number of amides is 2. The molecule has 0 spiro atoms. The molecule has 0 saturated carbocycles. The fourth-order valence-corrected chi connectivity index (χ4v) is 2.55. The minimum atomic E-state index is -0.277. The van der Waals surface area contributed by atoms with E-state index < -0.39 is 0 Å². The van der Waals surface area contributed by atoms with Crippen LogP contribution in [0, 0.1) is 0 Å². The topological polar surface area (TPSA) is 70.2 Å². The van der Waals surface area contributed by atoms with Crippen LogP contribution in [0.2, 0.25) is 0 Å². The van der Waals surface area contributed by atoms with E-state index in [-0.39, 0.29) is 22.3 Å². The first-order chi connectivity index (χ1) is 12.1. The summed E-state index contributed by atoms with van der Waals surface area (Å²) in [6.45, 7) is 7.80. The van der Waals surface area contributed by atoms with Crippen LogP contribution >= 0.6 is 12.2 Å². The number of carbonyl (C=O) groups excluding carboxylic acids is 2. The van der Waals surface area contributed by atoms with Crippen molar-refractivity contribution in [1.82, 2.24) is 5.32 Å². The van der Waals surface area contributed by atoms with E-state index in [4.69, 9.17) is 12.2 Å². The summed E-state index contributed by atoms with van der Waals surface area (Å²) in [5, 5.41) is 8.48. The number of thiocarbonyl (C=S) groups is 1. The first-order valence-electron chi connectivity index (χ1n) is 8.26. The van der Waals surface area contributed by atoms with E-state index in [9.17, 15) is 9.59 Å². The zero-order valence-corrected chi connectivity index (χ0v) is 16.2. The van der Waals surface area contributed by atoms with Gasteiger partial charge in [-0.1, -0.05) is 39.0 Å². The zero-order valence-electron chi connectivity index (χ0n) is 15.3. The van der Waals surface area contributed by atoms with Gasteiger partial charge < -0.3 is 10.6 Å². The molecule has 0 atom stereocenters. The van der Waals surface area contributed by atoms with Crippen molar-refractivity contribution in [2.24, 2.45) is 0 Å². The summed E-state index contributed by atoms with van der Waals surface area (Å²) < 4.78 is 0. The van der Waals surface area contributed by atoms with Gasteiger partial charge in [0.2, 0.25) is 5.91 Å². The Labute approximate surface area is 159 Å². The molecule has 2 aromatic rings. The van der Waals surface area contributed by atoms with Crippen LogP contribution < -0.4 is 16.0 Å². The summed E-state index contributed by atoms with van der Waals surface area (Å²) in [4.78, 5) is 23.4. The third-order valence-corrected chi connectivity index (χ3v) is 3.89. The van der Waals surface area contributed by atoms with E-state index in [0.29, 0.717) is 16.9 Å². The highest BCUT2D eigenvalue weighted by Crippen LogP contribution is 2.22. The predicted octanol–water partition coefficient (Wildman–Crippen LogP) is 4.07. The van der Waals surface area contributed by atoms with Gasteiger partial charge in [-0.2, -0.15) is 0 Å². The Morgan fingerprint density at radius 2 is 1.50 bits per heavy atom. The number of rotatable bonds is 3. The molecular weight excluding hydrogens is 346 g/mol. The predicted molar refractivity (Wildman–Crippen MR) is 110 cm³/mol. The molecule has 0 unspecified atom stereocenters. The molecule has 2 aromatic carbocycles. The third kappa shape index (κ3) is 5.67. The second-order valence-corrected chi connectivity index (χ2v) is 7.41. The van der Waals surface area contributed by atoms with Gasteiger partial charge >= 0.3 is 0 Å². The molecule has 0 bridgehead atoms. The minimum absolute atomic E-state index is 0.0325. The SMILES string of the molecule is CC(=O)Nc1cccc(NC(=S)NC(=O)c2ccc(C(C)(C)C)cc2)c1. The van der Waals surface area contributed by atoms with Crippen LogP contribution in [0.25, 0.3) is 0 Å². The molecule has 0 aliphatic heterocycles. The molecule has 2 rings (SSSR count). The number of nitrogens with one attached hydrogen (secondary N) is 3. The molecule has 0 fully saturated rings. The second-order valence-electron chi connectivity index (χ2n) is 7.00. The summed E-state index contributed by atoms with van der Waals surface area (Å²) >= 11 is 5.20. The van der Waals surface area contributed by atoms with Gasteiger partial charge in [0.25, 0.3) is 5.91 Å². The fourth-order valence-electron chi connectivity index (χ4n) is 2.34. The molecule has 0 radical (unpaired) electrons. The Morgan fingerprint density at radius 3 is 2.04 bits per heavy atom. The largest absolute Gasteiger partial charge is 0.332 e. The van der Waals surface area contributed by atoms with Gasteiger partial charge in [0.1, 0.15) is 0 Å². The maximum Gasteiger partial charge on any atom is 0.257 e. The van der Waals surface area contributed by atoms with Crippen LogP contribution in [0.1, 0.15) is 43.6 Å². The summed E-state index contributed by atoms with van der Waals surface area (Å²) in [5.74, 6) is -0.433. The van der Waals surface area contributed by atoms with Crippen molar-refractivity contribution in [2.45, 2.75) is 33.1 Å². The molecule has 0 heterocycles. The van der Waals surface area contributed by atoms with Gasteiger partial charge in [-0.05, 0) is 53.5 Å². The van der Waals surface area contributed by atoms with Gasteiger partial charge in [-0.15, -0.1) is 0 Å². The van der Waals surface area contributed by atoms with E-state index in [0.717, 1.165) is 5.56 Å². The van der Waals surface area contributed by atoms with Crippen LogP contribution in [0.15, 0.2) is 48.5 Å². The summed E-state index contributed by atoms with van der Waals surface area (Å²) in [7, 11) is 0. The van der Waals surface area contributed by atoms with Crippen molar-refractivity contribution in [3.63, 3.8) is 0 Å². The summed E-state index contributed by atoms with van der Waals surface area (Å²) in [6, 6.07) is 14.5. The maximum atomic E-state index is 12.3. The normalized spacial score (nSPS) is 10.8. The van der Waals surface area contributed by atoms with Crippen LogP contribution in [0.5, 0.6) is 0 Å². The lowest BCUT2D eigenvalue weighted by atomic mass is 9.87. The molecule has 6 heteroatoms. The lowest BCUT2D eigenvalue weighted by Gasteiger charge is -2.19. The number of hydrogen-bond acceptors (Lipinski definition) is 3. The Morgan fingerprint density at radius 1 is 0.923 bits per heavy atom.